The Kier molecular flexibility index (Phi) is 9.33. The summed E-state index contributed by atoms with van der Waals surface area (Å²) < 4.78 is 27.5. The van der Waals surface area contributed by atoms with E-state index in [-0.39, 0.29) is 34.8 Å². The zero-order chi connectivity index (χ0) is 18.4. The number of aliphatic carboxylic acids is 1. The van der Waals surface area contributed by atoms with E-state index in [1.54, 1.807) is 12.1 Å². The molecule has 1 aliphatic rings. The molecule has 0 spiro atoms. The van der Waals surface area contributed by atoms with Gasteiger partial charge in [0.05, 0.1) is 11.6 Å². The van der Waals surface area contributed by atoms with Crippen LogP contribution in [0.15, 0.2) is 23.1 Å². The van der Waals surface area contributed by atoms with E-state index in [1.807, 2.05) is 13.0 Å². The summed E-state index contributed by atoms with van der Waals surface area (Å²) in [6.45, 7) is 3.26. The Morgan fingerprint density at radius 2 is 2.15 bits per heavy atom. The summed E-state index contributed by atoms with van der Waals surface area (Å²) in [7, 11) is -3.65. The predicted octanol–water partition coefficient (Wildman–Crippen LogP) is 2.79. The lowest BCUT2D eigenvalue weighted by Crippen LogP contribution is -2.43. The lowest BCUT2D eigenvalue weighted by atomic mass is 10.00. The van der Waals surface area contributed by atoms with Crippen LogP contribution in [0.2, 0.25) is 5.02 Å². The molecule has 2 rings (SSSR count). The van der Waals surface area contributed by atoms with Crippen molar-refractivity contribution in [3.8, 4) is 0 Å². The van der Waals surface area contributed by atoms with Crippen LogP contribution in [0.5, 0.6) is 0 Å². The van der Waals surface area contributed by atoms with Crippen molar-refractivity contribution in [3.05, 3.63) is 28.8 Å². The first kappa shape index (κ1) is 23.2. The molecule has 0 aromatic heterocycles. The summed E-state index contributed by atoms with van der Waals surface area (Å²) in [5, 5.41) is 11.8. The topological polar surface area (TPSA) is 86.7 Å². The van der Waals surface area contributed by atoms with Gasteiger partial charge in [-0.15, -0.1) is 12.4 Å². The minimum atomic E-state index is -3.65. The fourth-order valence-electron chi connectivity index (χ4n) is 3.12. The van der Waals surface area contributed by atoms with Gasteiger partial charge in [0.2, 0.25) is 10.0 Å². The minimum absolute atomic E-state index is 0. The number of hydrogen-bond acceptors (Lipinski definition) is 4. The van der Waals surface area contributed by atoms with Gasteiger partial charge in [-0.3, -0.25) is 4.79 Å². The van der Waals surface area contributed by atoms with Crippen molar-refractivity contribution in [1.29, 1.82) is 0 Å². The van der Waals surface area contributed by atoms with Crippen LogP contribution in [0.3, 0.4) is 0 Å². The molecule has 1 aromatic carbocycles. The van der Waals surface area contributed by atoms with Gasteiger partial charge in [0.1, 0.15) is 4.90 Å². The molecule has 9 heteroatoms. The molecule has 0 saturated carbocycles. The highest BCUT2D eigenvalue weighted by Crippen LogP contribution is 2.29. The van der Waals surface area contributed by atoms with Gasteiger partial charge in [-0.1, -0.05) is 31.0 Å². The van der Waals surface area contributed by atoms with Crippen LogP contribution in [0, 0.1) is 5.92 Å². The van der Waals surface area contributed by atoms with Crippen LogP contribution in [0.25, 0.3) is 0 Å². The number of rotatable bonds is 8. The monoisotopic (exact) mass is 424 g/mol. The molecule has 1 aromatic rings. The van der Waals surface area contributed by atoms with Gasteiger partial charge < -0.3 is 10.4 Å². The van der Waals surface area contributed by atoms with Crippen molar-refractivity contribution in [1.82, 2.24) is 9.62 Å². The van der Waals surface area contributed by atoms with Crippen LogP contribution in [0.1, 0.15) is 31.7 Å². The van der Waals surface area contributed by atoms with Gasteiger partial charge in [-0.2, -0.15) is 4.31 Å². The first-order chi connectivity index (χ1) is 11.8. The third-order valence-electron chi connectivity index (χ3n) is 4.34. The number of piperidine rings is 1. The zero-order valence-corrected chi connectivity index (χ0v) is 17.2. The third kappa shape index (κ3) is 6.09. The summed E-state index contributed by atoms with van der Waals surface area (Å²) in [4.78, 5) is 10.8. The molecule has 0 aliphatic carbocycles. The second-order valence-corrected chi connectivity index (χ2v) is 8.72. The van der Waals surface area contributed by atoms with E-state index in [4.69, 9.17) is 16.7 Å². The van der Waals surface area contributed by atoms with Gasteiger partial charge in [0, 0.05) is 13.1 Å². The minimum Gasteiger partial charge on any atom is -0.480 e. The molecular formula is C17H26Cl2N2O4S. The van der Waals surface area contributed by atoms with Crippen molar-refractivity contribution in [3.63, 3.8) is 0 Å². The molecule has 2 N–H and O–H groups in total. The number of carboxylic acids is 1. The first-order valence-electron chi connectivity index (χ1n) is 8.55. The first-order valence-corrected chi connectivity index (χ1v) is 10.4. The summed E-state index contributed by atoms with van der Waals surface area (Å²) in [5.41, 5.74) is 0.960. The zero-order valence-electron chi connectivity index (χ0n) is 14.8. The molecule has 0 amide bonds. The molecule has 1 atom stereocenters. The molecule has 148 valence electrons. The van der Waals surface area contributed by atoms with Gasteiger partial charge in [0.15, 0.2) is 0 Å². The van der Waals surface area contributed by atoms with Crippen molar-refractivity contribution in [2.24, 2.45) is 5.92 Å². The Labute approximate surface area is 166 Å². The van der Waals surface area contributed by atoms with E-state index in [9.17, 15) is 13.2 Å². The largest absolute Gasteiger partial charge is 0.480 e. The van der Waals surface area contributed by atoms with Gasteiger partial charge in [-0.05, 0) is 49.4 Å². The van der Waals surface area contributed by atoms with Gasteiger partial charge in [-0.25, -0.2) is 8.42 Å². The van der Waals surface area contributed by atoms with E-state index < -0.39 is 16.0 Å². The number of carbonyl (C=O) groups is 1. The summed E-state index contributed by atoms with van der Waals surface area (Å²) >= 11 is 6.17. The van der Waals surface area contributed by atoms with E-state index >= 15 is 0 Å². The normalized spacial score (nSPS) is 18.3. The average molecular weight is 425 g/mol. The van der Waals surface area contributed by atoms with E-state index in [1.165, 1.54) is 4.31 Å². The van der Waals surface area contributed by atoms with Crippen LogP contribution in [-0.4, -0.2) is 50.0 Å². The molecular weight excluding hydrogens is 399 g/mol. The number of hydrogen-bond donors (Lipinski definition) is 2. The standard InChI is InChI=1S/C17H25ClN2O4S.ClH/c1-2-4-13-6-7-15(18)16(9-13)25(23,24)20-8-3-5-14(12-20)10-19-11-17(21)22;/h6-7,9,14,19H,2-5,8,10-12H2,1H3,(H,21,22);1H. The second-order valence-electron chi connectivity index (χ2n) is 6.41. The molecule has 1 heterocycles. The Hall–Kier alpha value is -0.860. The molecule has 1 unspecified atom stereocenters. The van der Waals surface area contributed by atoms with Crippen molar-refractivity contribution in [2.75, 3.05) is 26.2 Å². The quantitative estimate of drug-likeness (QED) is 0.669. The van der Waals surface area contributed by atoms with E-state index in [0.717, 1.165) is 31.2 Å². The summed E-state index contributed by atoms with van der Waals surface area (Å²) in [6.07, 6.45) is 3.37. The number of nitrogens with one attached hydrogen (secondary N) is 1. The fraction of sp³-hybridized carbons (Fsp3) is 0.588. The number of benzene rings is 1. The van der Waals surface area contributed by atoms with E-state index in [0.29, 0.717) is 19.6 Å². The van der Waals surface area contributed by atoms with Gasteiger partial charge >= 0.3 is 5.97 Å². The lowest BCUT2D eigenvalue weighted by molar-refractivity contribution is -0.136. The molecule has 0 radical (unpaired) electrons. The maximum atomic E-state index is 13.0. The van der Waals surface area contributed by atoms with Crippen LogP contribution in [0.4, 0.5) is 0 Å². The Bertz CT molecular complexity index is 713. The van der Waals surface area contributed by atoms with Crippen LogP contribution >= 0.6 is 24.0 Å². The summed E-state index contributed by atoms with van der Waals surface area (Å²) in [5.74, 6) is -0.819. The molecule has 0 bridgehead atoms. The highest BCUT2D eigenvalue weighted by Gasteiger charge is 2.31. The molecule has 6 nitrogen and oxygen atoms in total. The summed E-state index contributed by atoms with van der Waals surface area (Å²) in [6, 6.07) is 5.18. The molecule has 1 saturated heterocycles. The van der Waals surface area contributed by atoms with Crippen molar-refractivity contribution >= 4 is 40.0 Å². The molecule has 26 heavy (non-hydrogen) atoms. The average Bonchev–Trinajstić information content (AvgIpc) is 2.56. The number of sulfonamides is 1. The number of carboxylic acid groups (broad SMARTS) is 1. The highest BCUT2D eigenvalue weighted by molar-refractivity contribution is 7.89. The van der Waals surface area contributed by atoms with E-state index in [2.05, 4.69) is 5.32 Å². The fourth-order valence-corrected chi connectivity index (χ4v) is 5.20. The highest BCUT2D eigenvalue weighted by atomic mass is 35.5. The number of halogens is 2. The van der Waals surface area contributed by atoms with Crippen LogP contribution in [-0.2, 0) is 21.2 Å². The van der Waals surface area contributed by atoms with Crippen LogP contribution < -0.4 is 5.32 Å². The maximum Gasteiger partial charge on any atom is 0.317 e. The van der Waals surface area contributed by atoms with Crippen molar-refractivity contribution < 1.29 is 18.3 Å². The Balaban J connectivity index is 0.00000338. The van der Waals surface area contributed by atoms with Gasteiger partial charge in [0.25, 0.3) is 0 Å². The molecule has 1 aliphatic heterocycles. The SMILES string of the molecule is CCCc1ccc(Cl)c(S(=O)(=O)N2CCCC(CNCC(=O)O)C2)c1.Cl. The lowest BCUT2D eigenvalue weighted by Gasteiger charge is -2.32. The smallest absolute Gasteiger partial charge is 0.317 e. The maximum absolute atomic E-state index is 13.0. The predicted molar refractivity (Wildman–Crippen MR) is 105 cm³/mol. The molecule has 1 fully saturated rings. The second kappa shape index (κ2) is 10.5. The third-order valence-corrected chi connectivity index (χ3v) is 6.69. The number of aryl methyl sites for hydroxylation is 1. The Morgan fingerprint density at radius 1 is 1.42 bits per heavy atom. The Morgan fingerprint density at radius 3 is 2.81 bits per heavy atom. The van der Waals surface area contributed by atoms with Crippen molar-refractivity contribution in [2.45, 2.75) is 37.5 Å². The number of nitrogens with zero attached hydrogens (tertiary/aromatic N) is 1.